The van der Waals surface area contributed by atoms with Gasteiger partial charge in [0.2, 0.25) is 0 Å². The maximum Gasteiger partial charge on any atom is 0.0249 e. The van der Waals surface area contributed by atoms with Crippen molar-refractivity contribution >= 4 is 0 Å². The van der Waals surface area contributed by atoms with E-state index in [2.05, 4.69) is 86.1 Å². The van der Waals surface area contributed by atoms with E-state index in [1.807, 2.05) is 0 Å². The van der Waals surface area contributed by atoms with Crippen LogP contribution in [0.25, 0.3) is 0 Å². The van der Waals surface area contributed by atoms with Gasteiger partial charge < -0.3 is 0 Å². The largest absolute Gasteiger partial charge is 0.103 e. The Kier molecular flexibility index (Phi) is 8.46. The van der Waals surface area contributed by atoms with Gasteiger partial charge in [-0.2, -0.15) is 0 Å². The molecular weight excluding hydrogens is 348 g/mol. The van der Waals surface area contributed by atoms with Crippen LogP contribution in [-0.4, -0.2) is 0 Å². The molecule has 1 saturated carbocycles. The number of hydrogen-bond donors (Lipinski definition) is 0. The van der Waals surface area contributed by atoms with Crippen LogP contribution in [0.1, 0.15) is 93.4 Å². The van der Waals surface area contributed by atoms with E-state index in [1.165, 1.54) is 49.7 Å². The molecule has 0 nitrogen and oxygen atoms in total. The minimum atomic E-state index is 0.711. The highest BCUT2D eigenvalue weighted by molar-refractivity contribution is 5.44. The topological polar surface area (TPSA) is 0 Å². The number of aryl methyl sites for hydroxylation is 1. The summed E-state index contributed by atoms with van der Waals surface area (Å²) in [6.07, 6.45) is 10.9. The SMILES string of the molecule is CCCC#CCC1CCC(c2ccc(C#Cc3ccc(CCC)cc3)cc2)CC1. The molecule has 150 valence electrons. The number of rotatable bonds is 5. The van der Waals surface area contributed by atoms with E-state index >= 15 is 0 Å². The second kappa shape index (κ2) is 11.5. The van der Waals surface area contributed by atoms with Crippen molar-refractivity contribution in [3.63, 3.8) is 0 Å². The molecule has 0 aliphatic heterocycles. The van der Waals surface area contributed by atoms with Crippen molar-refractivity contribution in [3.8, 4) is 23.7 Å². The molecule has 29 heavy (non-hydrogen) atoms. The molecule has 0 spiro atoms. The Bertz CT molecular complexity index is 854. The lowest BCUT2D eigenvalue weighted by molar-refractivity contribution is 0.331. The fourth-order valence-corrected chi connectivity index (χ4v) is 4.16. The van der Waals surface area contributed by atoms with Crippen molar-refractivity contribution in [1.82, 2.24) is 0 Å². The third-order valence-electron chi connectivity index (χ3n) is 5.96. The summed E-state index contributed by atoms with van der Waals surface area (Å²) in [6, 6.07) is 17.6. The maximum absolute atomic E-state index is 3.39. The van der Waals surface area contributed by atoms with E-state index in [9.17, 15) is 0 Å². The van der Waals surface area contributed by atoms with Crippen LogP contribution in [0.15, 0.2) is 48.5 Å². The van der Waals surface area contributed by atoms with Gasteiger partial charge in [0, 0.05) is 24.0 Å². The summed E-state index contributed by atoms with van der Waals surface area (Å²) in [5.41, 5.74) is 5.07. The van der Waals surface area contributed by atoms with Gasteiger partial charge in [-0.25, -0.2) is 0 Å². The molecule has 0 aromatic heterocycles. The van der Waals surface area contributed by atoms with Crippen molar-refractivity contribution in [2.45, 2.75) is 77.6 Å². The first kappa shape index (κ1) is 21.3. The molecule has 0 amide bonds. The molecule has 3 rings (SSSR count). The highest BCUT2D eigenvalue weighted by Crippen LogP contribution is 2.36. The zero-order valence-electron chi connectivity index (χ0n) is 18.1. The summed E-state index contributed by atoms with van der Waals surface area (Å²) in [5.74, 6) is 14.8. The predicted molar refractivity (Wildman–Crippen MR) is 125 cm³/mol. The van der Waals surface area contributed by atoms with E-state index in [4.69, 9.17) is 0 Å². The van der Waals surface area contributed by atoms with Crippen molar-refractivity contribution < 1.29 is 0 Å². The maximum atomic E-state index is 3.39. The van der Waals surface area contributed by atoms with Gasteiger partial charge in [-0.05, 0) is 85.8 Å². The highest BCUT2D eigenvalue weighted by atomic mass is 14.3. The van der Waals surface area contributed by atoms with Crippen LogP contribution < -0.4 is 0 Å². The second-order valence-corrected chi connectivity index (χ2v) is 8.34. The Hall–Kier alpha value is -2.44. The third kappa shape index (κ3) is 6.84. The van der Waals surface area contributed by atoms with Gasteiger partial charge in [0.25, 0.3) is 0 Å². The summed E-state index contributed by atoms with van der Waals surface area (Å²) in [7, 11) is 0. The summed E-state index contributed by atoms with van der Waals surface area (Å²) in [6.45, 7) is 4.41. The molecule has 0 heteroatoms. The van der Waals surface area contributed by atoms with E-state index < -0.39 is 0 Å². The molecule has 0 radical (unpaired) electrons. The lowest BCUT2D eigenvalue weighted by Crippen LogP contribution is -2.12. The van der Waals surface area contributed by atoms with Gasteiger partial charge in [0.05, 0.1) is 0 Å². The fourth-order valence-electron chi connectivity index (χ4n) is 4.16. The predicted octanol–water partition coefficient (Wildman–Crippen LogP) is 7.51. The Morgan fingerprint density at radius 1 is 0.724 bits per heavy atom. The van der Waals surface area contributed by atoms with E-state index in [0.29, 0.717) is 5.92 Å². The normalized spacial score (nSPS) is 18.3. The van der Waals surface area contributed by atoms with Crippen LogP contribution in [0.3, 0.4) is 0 Å². The standard InChI is InChI=1S/C29H34/c1-3-5-6-7-9-25-16-20-28(21-17-25)29-22-18-27(19-23-29)15-14-26-12-10-24(8-4-2)11-13-26/h10-13,18-19,22-23,25,28H,3-5,8-9,16-17,20-21H2,1-2H3. The molecule has 0 bridgehead atoms. The van der Waals surface area contributed by atoms with E-state index in [-0.39, 0.29) is 0 Å². The first-order chi connectivity index (χ1) is 14.3. The molecule has 2 aromatic carbocycles. The van der Waals surface area contributed by atoms with Crippen LogP contribution >= 0.6 is 0 Å². The van der Waals surface area contributed by atoms with Gasteiger partial charge in [-0.1, -0.05) is 56.4 Å². The van der Waals surface area contributed by atoms with Crippen molar-refractivity contribution in [1.29, 1.82) is 0 Å². The van der Waals surface area contributed by atoms with Gasteiger partial charge in [-0.15, -0.1) is 11.8 Å². The summed E-state index contributed by atoms with van der Waals surface area (Å²) in [4.78, 5) is 0. The average molecular weight is 383 g/mol. The molecule has 2 aromatic rings. The Balaban J connectivity index is 1.51. The van der Waals surface area contributed by atoms with Crippen LogP contribution in [-0.2, 0) is 6.42 Å². The van der Waals surface area contributed by atoms with Crippen LogP contribution in [0, 0.1) is 29.6 Å². The quantitative estimate of drug-likeness (QED) is 0.469. The zero-order valence-corrected chi connectivity index (χ0v) is 18.1. The van der Waals surface area contributed by atoms with Crippen LogP contribution in [0.4, 0.5) is 0 Å². The summed E-state index contributed by atoms with van der Waals surface area (Å²) < 4.78 is 0. The smallest absolute Gasteiger partial charge is 0.0249 e. The summed E-state index contributed by atoms with van der Waals surface area (Å²) >= 11 is 0. The number of hydrogen-bond acceptors (Lipinski definition) is 0. The molecule has 0 heterocycles. The molecule has 1 fully saturated rings. The molecule has 1 aliphatic rings. The van der Waals surface area contributed by atoms with Crippen LogP contribution in [0.2, 0.25) is 0 Å². The Labute approximate surface area is 178 Å². The third-order valence-corrected chi connectivity index (χ3v) is 5.96. The van der Waals surface area contributed by atoms with E-state index in [0.717, 1.165) is 36.3 Å². The van der Waals surface area contributed by atoms with Crippen LogP contribution in [0.5, 0.6) is 0 Å². The fraction of sp³-hybridized carbons (Fsp3) is 0.448. The number of unbranched alkanes of at least 4 members (excludes halogenated alkanes) is 1. The Morgan fingerprint density at radius 2 is 1.34 bits per heavy atom. The summed E-state index contributed by atoms with van der Waals surface area (Å²) in [5, 5.41) is 0. The zero-order chi connectivity index (χ0) is 20.3. The molecular formula is C29H34. The van der Waals surface area contributed by atoms with Gasteiger partial charge in [-0.3, -0.25) is 0 Å². The number of benzene rings is 2. The van der Waals surface area contributed by atoms with Gasteiger partial charge in [0.1, 0.15) is 0 Å². The molecule has 1 aliphatic carbocycles. The lowest BCUT2D eigenvalue weighted by atomic mass is 9.77. The minimum Gasteiger partial charge on any atom is -0.103 e. The van der Waals surface area contributed by atoms with Gasteiger partial charge >= 0.3 is 0 Å². The minimum absolute atomic E-state index is 0.711. The van der Waals surface area contributed by atoms with Crippen molar-refractivity contribution in [2.75, 3.05) is 0 Å². The molecule has 0 N–H and O–H groups in total. The monoisotopic (exact) mass is 382 g/mol. The lowest BCUT2D eigenvalue weighted by Gasteiger charge is -2.27. The first-order valence-corrected chi connectivity index (χ1v) is 11.4. The molecule has 0 atom stereocenters. The second-order valence-electron chi connectivity index (χ2n) is 8.34. The van der Waals surface area contributed by atoms with Gasteiger partial charge in [0.15, 0.2) is 0 Å². The van der Waals surface area contributed by atoms with Crippen molar-refractivity contribution in [2.24, 2.45) is 5.92 Å². The first-order valence-electron chi connectivity index (χ1n) is 11.4. The Morgan fingerprint density at radius 3 is 1.93 bits per heavy atom. The highest BCUT2D eigenvalue weighted by Gasteiger charge is 2.21. The van der Waals surface area contributed by atoms with Crippen molar-refractivity contribution in [3.05, 3.63) is 70.8 Å². The molecule has 0 saturated heterocycles. The molecule has 0 unspecified atom stereocenters. The average Bonchev–Trinajstić information content (AvgIpc) is 2.77. The van der Waals surface area contributed by atoms with E-state index in [1.54, 1.807) is 0 Å².